The molecule has 0 fully saturated rings. The van der Waals surface area contributed by atoms with E-state index >= 15 is 0 Å². The Kier molecular flexibility index (Phi) is 6.34. The smallest absolute Gasteiger partial charge is 0.339 e. The first-order valence-electron chi connectivity index (χ1n) is 9.57. The van der Waals surface area contributed by atoms with E-state index < -0.39 is 0 Å². The van der Waals surface area contributed by atoms with Crippen LogP contribution in [0.15, 0.2) is 59.7 Å². The number of nitrogens with zero attached hydrogens (tertiary/aromatic N) is 2. The van der Waals surface area contributed by atoms with Crippen molar-refractivity contribution in [2.45, 2.75) is 27.7 Å². The third kappa shape index (κ3) is 5.04. The van der Waals surface area contributed by atoms with E-state index in [9.17, 15) is 4.79 Å². The Hall–Kier alpha value is -3.54. The lowest BCUT2D eigenvalue weighted by molar-refractivity contribution is 0.252. The Balaban J connectivity index is 1.67. The first kappa shape index (κ1) is 20.2. The number of ether oxygens (including phenoxy) is 1. The molecule has 6 heteroatoms. The van der Waals surface area contributed by atoms with E-state index in [2.05, 4.69) is 20.4 Å². The third-order valence-electron chi connectivity index (χ3n) is 4.56. The van der Waals surface area contributed by atoms with Crippen molar-refractivity contribution < 1.29 is 9.53 Å². The maximum atomic E-state index is 12.0. The molecule has 0 bridgehead atoms. The number of urea groups is 1. The molecule has 0 radical (unpaired) electrons. The molecule has 0 saturated heterocycles. The van der Waals surface area contributed by atoms with Gasteiger partial charge in [-0.1, -0.05) is 17.7 Å². The molecule has 3 aromatic rings. The van der Waals surface area contributed by atoms with Gasteiger partial charge in [-0.3, -0.25) is 0 Å². The lowest BCUT2D eigenvalue weighted by Gasteiger charge is -2.11. The van der Waals surface area contributed by atoms with Crippen molar-refractivity contribution in [1.29, 1.82) is 0 Å². The molecule has 0 saturated carbocycles. The van der Waals surface area contributed by atoms with Crippen LogP contribution < -0.4 is 15.5 Å². The largest absolute Gasteiger partial charge is 0.494 e. The molecule has 2 N–H and O–H groups in total. The van der Waals surface area contributed by atoms with E-state index in [1.807, 2.05) is 82.3 Å². The highest BCUT2D eigenvalue weighted by atomic mass is 16.5. The predicted molar refractivity (Wildman–Crippen MR) is 117 cm³/mol. The summed E-state index contributed by atoms with van der Waals surface area (Å²) in [6, 6.07) is 17.2. The van der Waals surface area contributed by atoms with Crippen molar-refractivity contribution in [1.82, 2.24) is 9.99 Å². The Bertz CT molecular complexity index is 1000. The Morgan fingerprint density at radius 3 is 2.41 bits per heavy atom. The number of hydrogen-bond acceptors (Lipinski definition) is 3. The van der Waals surface area contributed by atoms with Crippen molar-refractivity contribution in [3.05, 3.63) is 77.1 Å². The van der Waals surface area contributed by atoms with Gasteiger partial charge in [-0.05, 0) is 70.2 Å². The van der Waals surface area contributed by atoms with Crippen LogP contribution >= 0.6 is 0 Å². The number of carbonyl (C=O) groups excluding carboxylic acids is 1. The second-order valence-electron chi connectivity index (χ2n) is 6.78. The second-order valence-corrected chi connectivity index (χ2v) is 6.78. The average molecular weight is 390 g/mol. The zero-order chi connectivity index (χ0) is 20.8. The highest BCUT2D eigenvalue weighted by Crippen LogP contribution is 2.22. The van der Waals surface area contributed by atoms with Gasteiger partial charge in [0.1, 0.15) is 5.75 Å². The lowest BCUT2D eigenvalue weighted by atomic mass is 10.2. The molecule has 0 aliphatic heterocycles. The molecule has 150 valence electrons. The van der Waals surface area contributed by atoms with Crippen molar-refractivity contribution in [3.63, 3.8) is 0 Å². The van der Waals surface area contributed by atoms with Crippen LogP contribution in [0.3, 0.4) is 0 Å². The number of nitrogens with one attached hydrogen (secondary N) is 2. The molecule has 0 atom stereocenters. The minimum Gasteiger partial charge on any atom is -0.494 e. The quantitative estimate of drug-likeness (QED) is 0.462. The number of hydrogen-bond donors (Lipinski definition) is 2. The van der Waals surface area contributed by atoms with Crippen molar-refractivity contribution in [2.75, 3.05) is 11.9 Å². The second kappa shape index (κ2) is 9.10. The normalized spacial score (nSPS) is 10.9. The number of aromatic nitrogens is 1. The van der Waals surface area contributed by atoms with E-state index in [1.165, 1.54) is 0 Å². The number of amides is 2. The molecule has 6 nitrogen and oxygen atoms in total. The van der Waals surface area contributed by atoms with Crippen LogP contribution in [-0.2, 0) is 0 Å². The van der Waals surface area contributed by atoms with E-state index in [0.717, 1.165) is 39.6 Å². The van der Waals surface area contributed by atoms with Crippen LogP contribution in [0, 0.1) is 20.8 Å². The number of hydrazone groups is 1. The molecule has 0 spiro atoms. The fourth-order valence-corrected chi connectivity index (χ4v) is 3.13. The molecule has 1 aromatic heterocycles. The molecule has 2 amide bonds. The van der Waals surface area contributed by atoms with Gasteiger partial charge in [0.2, 0.25) is 0 Å². The maximum absolute atomic E-state index is 12.0. The molecule has 1 heterocycles. The molecule has 0 aliphatic rings. The summed E-state index contributed by atoms with van der Waals surface area (Å²) in [4.78, 5) is 12.0. The van der Waals surface area contributed by atoms with Gasteiger partial charge in [0.05, 0.1) is 12.8 Å². The average Bonchev–Trinajstić information content (AvgIpc) is 2.98. The highest BCUT2D eigenvalue weighted by Gasteiger charge is 2.10. The number of carbonyl (C=O) groups is 1. The minimum atomic E-state index is -0.384. The summed E-state index contributed by atoms with van der Waals surface area (Å²) in [5, 5.41) is 6.83. The van der Waals surface area contributed by atoms with Crippen molar-refractivity contribution in [2.24, 2.45) is 5.10 Å². The highest BCUT2D eigenvalue weighted by molar-refractivity contribution is 5.90. The van der Waals surface area contributed by atoms with Crippen LogP contribution in [0.25, 0.3) is 5.69 Å². The number of aryl methyl sites for hydroxylation is 2. The third-order valence-corrected chi connectivity index (χ3v) is 4.56. The standard InChI is InChI=1S/C23H26N4O2/c1-5-29-22-12-10-21(11-13-22)27-17(3)14-19(18(27)4)15-24-26-23(28)25-20-8-6-16(2)7-9-20/h6-15H,5H2,1-4H3,(H2,25,26,28)/b24-15+. The topological polar surface area (TPSA) is 67.6 Å². The summed E-state index contributed by atoms with van der Waals surface area (Å²) in [5.74, 6) is 0.851. The summed E-state index contributed by atoms with van der Waals surface area (Å²) in [5.41, 5.74) is 8.47. The summed E-state index contributed by atoms with van der Waals surface area (Å²) in [6.45, 7) is 8.67. The molecule has 2 aromatic carbocycles. The first-order chi connectivity index (χ1) is 14.0. The van der Waals surface area contributed by atoms with Crippen LogP contribution in [0.5, 0.6) is 5.75 Å². The lowest BCUT2D eigenvalue weighted by Crippen LogP contribution is -2.24. The van der Waals surface area contributed by atoms with Gasteiger partial charge in [-0.15, -0.1) is 0 Å². The fourth-order valence-electron chi connectivity index (χ4n) is 3.13. The molecule has 0 unspecified atom stereocenters. The van der Waals surface area contributed by atoms with Gasteiger partial charge in [0.25, 0.3) is 0 Å². The van der Waals surface area contributed by atoms with Crippen LogP contribution in [0.1, 0.15) is 29.4 Å². The monoisotopic (exact) mass is 390 g/mol. The van der Waals surface area contributed by atoms with E-state index in [4.69, 9.17) is 4.74 Å². The summed E-state index contributed by atoms with van der Waals surface area (Å²) in [7, 11) is 0. The number of rotatable bonds is 6. The SMILES string of the molecule is CCOc1ccc(-n2c(C)cc(/C=N/NC(=O)Nc3ccc(C)cc3)c2C)cc1. The molecule has 29 heavy (non-hydrogen) atoms. The Morgan fingerprint density at radius 2 is 1.76 bits per heavy atom. The summed E-state index contributed by atoms with van der Waals surface area (Å²) < 4.78 is 7.65. The van der Waals surface area contributed by atoms with Gasteiger partial charge in [-0.2, -0.15) is 5.10 Å². The zero-order valence-corrected chi connectivity index (χ0v) is 17.2. The van der Waals surface area contributed by atoms with E-state index in [0.29, 0.717) is 6.61 Å². The van der Waals surface area contributed by atoms with Gasteiger partial charge >= 0.3 is 6.03 Å². The van der Waals surface area contributed by atoms with Gasteiger partial charge in [0.15, 0.2) is 0 Å². The fraction of sp³-hybridized carbons (Fsp3) is 0.217. The first-order valence-corrected chi connectivity index (χ1v) is 9.57. The Labute approximate surface area is 171 Å². The molecule has 0 aliphatic carbocycles. The molecular weight excluding hydrogens is 364 g/mol. The summed E-state index contributed by atoms with van der Waals surface area (Å²) in [6.07, 6.45) is 1.65. The van der Waals surface area contributed by atoms with Crippen LogP contribution in [-0.4, -0.2) is 23.4 Å². The van der Waals surface area contributed by atoms with Crippen molar-refractivity contribution in [3.8, 4) is 11.4 Å². The number of anilines is 1. The van der Waals surface area contributed by atoms with Gasteiger partial charge in [0, 0.05) is 28.3 Å². The maximum Gasteiger partial charge on any atom is 0.339 e. The van der Waals surface area contributed by atoms with Crippen LogP contribution in [0.4, 0.5) is 10.5 Å². The van der Waals surface area contributed by atoms with Crippen molar-refractivity contribution >= 4 is 17.9 Å². The summed E-state index contributed by atoms with van der Waals surface area (Å²) >= 11 is 0. The number of benzene rings is 2. The van der Waals surface area contributed by atoms with Crippen LogP contribution in [0.2, 0.25) is 0 Å². The van der Waals surface area contributed by atoms with E-state index in [1.54, 1.807) is 6.21 Å². The molecule has 3 rings (SSSR count). The molecular formula is C23H26N4O2. The van der Waals surface area contributed by atoms with Gasteiger partial charge < -0.3 is 14.6 Å². The van der Waals surface area contributed by atoms with E-state index in [-0.39, 0.29) is 6.03 Å². The zero-order valence-electron chi connectivity index (χ0n) is 17.2. The Morgan fingerprint density at radius 1 is 1.07 bits per heavy atom. The minimum absolute atomic E-state index is 0.384. The predicted octanol–water partition coefficient (Wildman–Crippen LogP) is 4.96. The van der Waals surface area contributed by atoms with Gasteiger partial charge in [-0.25, -0.2) is 10.2 Å².